The van der Waals surface area contributed by atoms with Gasteiger partial charge in [0, 0.05) is 19.3 Å². The fourth-order valence-electron chi connectivity index (χ4n) is 3.77. The number of methoxy groups -OCH3 is 1. The molecule has 2 aliphatic rings. The van der Waals surface area contributed by atoms with Gasteiger partial charge in [-0.3, -0.25) is 8.98 Å². The van der Waals surface area contributed by atoms with E-state index >= 15 is 0 Å². The maximum absolute atomic E-state index is 12.5. The van der Waals surface area contributed by atoms with Crippen molar-refractivity contribution >= 4 is 22.0 Å². The van der Waals surface area contributed by atoms with Crippen molar-refractivity contribution < 1.29 is 52.1 Å². The molecule has 0 bridgehead atoms. The van der Waals surface area contributed by atoms with Crippen molar-refractivity contribution in [2.75, 3.05) is 13.7 Å². The summed E-state index contributed by atoms with van der Waals surface area (Å²) in [6.45, 7) is 2.53. The van der Waals surface area contributed by atoms with Gasteiger partial charge in [0.05, 0.1) is 30.8 Å². The number of carbonyl (C=O) groups excluding carboxylic acids is 2. The lowest BCUT2D eigenvalue weighted by molar-refractivity contribution is -0.296. The van der Waals surface area contributed by atoms with Gasteiger partial charge in [-0.05, 0) is 26.0 Å². The molecular weight excluding hydrogens is 514 g/mol. The maximum Gasteiger partial charge on any atom is 0.366 e. The smallest absolute Gasteiger partial charge is 0.366 e. The lowest BCUT2D eigenvalue weighted by Gasteiger charge is -2.45. The highest BCUT2D eigenvalue weighted by atomic mass is 32.2. The predicted octanol–water partition coefficient (Wildman–Crippen LogP) is -1.12. The second-order valence-electron chi connectivity index (χ2n) is 9.25. The quantitative estimate of drug-likeness (QED) is 0.166. The third-order valence-electron chi connectivity index (χ3n) is 6.12. The number of nitrogens with one attached hydrogen (secondary N) is 1. The van der Waals surface area contributed by atoms with E-state index in [2.05, 4.69) is 20.3 Å². The van der Waals surface area contributed by atoms with Crippen LogP contribution in [0.1, 0.15) is 31.7 Å². The topological polar surface area (TPSA) is 214 Å². The number of esters is 1. The highest BCUT2D eigenvalue weighted by Gasteiger charge is 2.54. The summed E-state index contributed by atoms with van der Waals surface area (Å²) < 4.78 is 39.6. The third kappa shape index (κ3) is 7.07. The van der Waals surface area contributed by atoms with Crippen molar-refractivity contribution in [2.45, 2.75) is 79.9 Å². The summed E-state index contributed by atoms with van der Waals surface area (Å²) in [4.78, 5) is 24.4. The van der Waals surface area contributed by atoms with Gasteiger partial charge in [-0.15, -0.1) is 0 Å². The third-order valence-corrected chi connectivity index (χ3v) is 7.41. The highest BCUT2D eigenvalue weighted by Crippen LogP contribution is 2.33. The number of benzene rings is 1. The molecule has 0 spiro atoms. The Morgan fingerprint density at radius 3 is 2.43 bits per heavy atom. The second-order valence-corrected chi connectivity index (χ2v) is 10.9. The number of carbonyl (C=O) groups is 2. The zero-order valence-corrected chi connectivity index (χ0v) is 21.3. The van der Waals surface area contributed by atoms with Gasteiger partial charge < -0.3 is 35.2 Å². The summed E-state index contributed by atoms with van der Waals surface area (Å²) in [5, 5.41) is 52.6. The zero-order chi connectivity index (χ0) is 27.6. The number of amides is 1. The van der Waals surface area contributed by atoms with Crippen LogP contribution in [0.5, 0.6) is 0 Å². The Morgan fingerprint density at radius 2 is 1.86 bits per heavy atom. The van der Waals surface area contributed by atoms with Crippen molar-refractivity contribution in [3.05, 3.63) is 29.8 Å². The van der Waals surface area contributed by atoms with E-state index in [0.29, 0.717) is 0 Å². The minimum absolute atomic E-state index is 0.0583. The number of ether oxygens (including phenoxy) is 2. The molecule has 0 saturated carbocycles. The molecule has 5 N–H and O–H groups in total. The molecule has 0 aromatic heterocycles. The highest BCUT2D eigenvalue weighted by molar-refractivity contribution is 7.86. The first-order valence-corrected chi connectivity index (χ1v) is 12.8. The van der Waals surface area contributed by atoms with E-state index in [1.807, 2.05) is 0 Å². The summed E-state index contributed by atoms with van der Waals surface area (Å²) in [6.07, 6.45) is -7.88. The molecule has 2 aliphatic heterocycles. The van der Waals surface area contributed by atoms with Crippen molar-refractivity contribution in [2.24, 2.45) is 10.2 Å². The normalized spacial score (nSPS) is 28.2. The Kier molecular flexibility index (Phi) is 8.68. The van der Waals surface area contributed by atoms with Crippen LogP contribution in [0.4, 0.5) is 0 Å². The standard InChI is InChI=1S/C22H31N3O11S/c1-12-4-6-13(7-5-12)37(32,33)35-11-15(27)18(29)19-17(23-16(28)8-9-21(2)24-25-21)14(26)10-22(31,36-19)20(30)34-3/h4-7,14-15,17-19,26-27,29,31H,8-11H2,1-3H3,(H,23,28)/t14?,15?,17?,18?,19?,22-/m1/s1. The van der Waals surface area contributed by atoms with Crippen molar-refractivity contribution in [1.29, 1.82) is 0 Å². The van der Waals surface area contributed by atoms with Crippen LogP contribution < -0.4 is 5.32 Å². The van der Waals surface area contributed by atoms with Crippen LogP contribution in [-0.4, -0.2) is 96.3 Å². The molecule has 1 amide bonds. The van der Waals surface area contributed by atoms with E-state index in [1.54, 1.807) is 26.0 Å². The van der Waals surface area contributed by atoms with Crippen molar-refractivity contribution in [3.63, 3.8) is 0 Å². The number of rotatable bonds is 11. The van der Waals surface area contributed by atoms with Crippen LogP contribution >= 0.6 is 0 Å². The van der Waals surface area contributed by atoms with E-state index in [0.717, 1.165) is 12.7 Å². The summed E-state index contributed by atoms with van der Waals surface area (Å²) in [5.74, 6) is -4.58. The fraction of sp³-hybridized carbons (Fsp3) is 0.636. The van der Waals surface area contributed by atoms with E-state index in [9.17, 15) is 38.4 Å². The first kappa shape index (κ1) is 29.0. The molecule has 3 rings (SSSR count). The molecule has 6 atom stereocenters. The van der Waals surface area contributed by atoms with E-state index in [4.69, 9.17) is 8.92 Å². The Bertz CT molecular complexity index is 1120. The molecule has 37 heavy (non-hydrogen) atoms. The van der Waals surface area contributed by atoms with Crippen LogP contribution in [-0.2, 0) is 33.4 Å². The first-order chi connectivity index (χ1) is 17.2. The Morgan fingerprint density at radius 1 is 1.24 bits per heavy atom. The van der Waals surface area contributed by atoms with Crippen LogP contribution in [0.2, 0.25) is 0 Å². The van der Waals surface area contributed by atoms with Crippen molar-refractivity contribution in [3.8, 4) is 0 Å². The molecule has 206 valence electrons. The number of aliphatic hydroxyl groups excluding tert-OH is 3. The number of aliphatic hydroxyl groups is 4. The minimum Gasteiger partial charge on any atom is -0.465 e. The first-order valence-electron chi connectivity index (χ1n) is 11.4. The number of hydrogen-bond acceptors (Lipinski definition) is 13. The predicted molar refractivity (Wildman–Crippen MR) is 123 cm³/mol. The molecule has 0 radical (unpaired) electrons. The van der Waals surface area contributed by atoms with Gasteiger partial charge in [0.1, 0.15) is 18.3 Å². The average Bonchev–Trinajstić information content (AvgIpc) is 3.59. The Hall–Kier alpha value is -2.53. The second kappa shape index (κ2) is 11.1. The van der Waals surface area contributed by atoms with Gasteiger partial charge in [-0.25, -0.2) is 4.79 Å². The molecule has 1 saturated heterocycles. The fourth-order valence-corrected chi connectivity index (χ4v) is 4.69. The Balaban J connectivity index is 1.73. The van der Waals surface area contributed by atoms with Crippen LogP contribution in [0.15, 0.2) is 39.4 Å². The van der Waals surface area contributed by atoms with Crippen LogP contribution in [0.25, 0.3) is 0 Å². The summed E-state index contributed by atoms with van der Waals surface area (Å²) >= 11 is 0. The molecular formula is C22H31N3O11S. The molecule has 14 nitrogen and oxygen atoms in total. The molecule has 1 aromatic rings. The van der Waals surface area contributed by atoms with Gasteiger partial charge in [-0.1, -0.05) is 17.7 Å². The van der Waals surface area contributed by atoms with Gasteiger partial charge in [0.25, 0.3) is 15.9 Å². The van der Waals surface area contributed by atoms with E-state index < -0.39 is 76.9 Å². The van der Waals surface area contributed by atoms with Gasteiger partial charge in [-0.2, -0.15) is 18.6 Å². The lowest BCUT2D eigenvalue weighted by Crippen LogP contribution is -2.67. The molecule has 0 aliphatic carbocycles. The molecule has 1 aromatic carbocycles. The van der Waals surface area contributed by atoms with Gasteiger partial charge in [0.2, 0.25) is 5.91 Å². The van der Waals surface area contributed by atoms with Crippen LogP contribution in [0.3, 0.4) is 0 Å². The molecule has 2 heterocycles. The molecule has 1 fully saturated rings. The largest absolute Gasteiger partial charge is 0.465 e. The number of aryl methyl sites for hydroxylation is 1. The molecule has 15 heteroatoms. The monoisotopic (exact) mass is 545 g/mol. The van der Waals surface area contributed by atoms with Gasteiger partial charge >= 0.3 is 5.97 Å². The maximum atomic E-state index is 12.5. The zero-order valence-electron chi connectivity index (χ0n) is 20.5. The van der Waals surface area contributed by atoms with Crippen LogP contribution in [0, 0.1) is 6.92 Å². The van der Waals surface area contributed by atoms with E-state index in [-0.39, 0.29) is 17.7 Å². The summed E-state index contributed by atoms with van der Waals surface area (Å²) in [6, 6.07) is 4.30. The lowest BCUT2D eigenvalue weighted by atomic mass is 9.88. The Labute approximate surface area is 213 Å². The van der Waals surface area contributed by atoms with Gasteiger partial charge in [0.15, 0.2) is 5.66 Å². The number of hydrogen-bond donors (Lipinski definition) is 5. The minimum atomic E-state index is -4.31. The number of nitrogens with zero attached hydrogens (tertiary/aromatic N) is 2. The molecule has 5 unspecified atom stereocenters. The SMILES string of the molecule is COC(=O)[C@@]1(O)CC(O)C(NC(=O)CCC2(C)N=N2)C(C(O)C(O)COS(=O)(=O)c2ccc(C)cc2)O1. The average molecular weight is 546 g/mol. The summed E-state index contributed by atoms with van der Waals surface area (Å²) in [7, 11) is -3.35. The van der Waals surface area contributed by atoms with E-state index in [1.165, 1.54) is 12.1 Å². The van der Waals surface area contributed by atoms with Crippen molar-refractivity contribution in [1.82, 2.24) is 5.32 Å². The summed E-state index contributed by atoms with van der Waals surface area (Å²) in [5.41, 5.74) is 0.142.